The molecule has 0 aromatic rings. The second-order valence-corrected chi connectivity index (χ2v) is 6.97. The van der Waals surface area contributed by atoms with E-state index in [0.717, 1.165) is 18.8 Å². The highest BCUT2D eigenvalue weighted by Crippen LogP contribution is 2.29. The Bertz CT molecular complexity index is 244. The summed E-state index contributed by atoms with van der Waals surface area (Å²) >= 11 is 0. The van der Waals surface area contributed by atoms with Crippen LogP contribution in [0.5, 0.6) is 0 Å². The summed E-state index contributed by atoms with van der Waals surface area (Å²) in [7, 11) is 0. The Morgan fingerprint density at radius 2 is 1.14 bits per heavy atom. The van der Waals surface area contributed by atoms with Gasteiger partial charge in [-0.05, 0) is 12.3 Å². The molecule has 1 aliphatic rings. The van der Waals surface area contributed by atoms with Gasteiger partial charge in [0.15, 0.2) is 0 Å². The molecule has 1 rings (SSSR count). The smallest absolute Gasteiger partial charge is 0.303 e. The second kappa shape index (κ2) is 13.2. The van der Waals surface area contributed by atoms with Gasteiger partial charge in [-0.2, -0.15) is 0 Å². The maximum Gasteiger partial charge on any atom is 0.303 e. The Labute approximate surface area is 131 Å². The van der Waals surface area contributed by atoms with E-state index in [9.17, 15) is 4.79 Å². The van der Waals surface area contributed by atoms with Gasteiger partial charge in [0.1, 0.15) is 0 Å². The van der Waals surface area contributed by atoms with Crippen molar-refractivity contribution in [1.29, 1.82) is 0 Å². The van der Waals surface area contributed by atoms with Crippen LogP contribution in [0, 0.1) is 5.92 Å². The molecule has 0 amide bonds. The zero-order valence-electron chi connectivity index (χ0n) is 14.0. The molecule has 2 nitrogen and oxygen atoms in total. The molecule has 0 spiro atoms. The number of carboxylic acids is 1. The minimum absolute atomic E-state index is 0.348. The number of rotatable bonds is 14. The number of carbonyl (C=O) groups is 1. The number of aliphatic carboxylic acids is 1. The number of hydrogen-bond donors (Lipinski definition) is 1. The van der Waals surface area contributed by atoms with Gasteiger partial charge < -0.3 is 5.11 Å². The zero-order valence-corrected chi connectivity index (χ0v) is 14.0. The van der Waals surface area contributed by atoms with Crippen molar-refractivity contribution >= 4 is 5.97 Å². The van der Waals surface area contributed by atoms with Crippen LogP contribution in [-0.2, 0) is 4.79 Å². The maximum absolute atomic E-state index is 10.4. The zero-order chi connectivity index (χ0) is 15.2. The van der Waals surface area contributed by atoms with Crippen molar-refractivity contribution in [3.05, 3.63) is 0 Å². The summed E-state index contributed by atoms with van der Waals surface area (Å²) in [5.74, 6) is 0.425. The normalized spacial score (nSPS) is 15.6. The van der Waals surface area contributed by atoms with E-state index in [1.807, 2.05) is 0 Å². The summed E-state index contributed by atoms with van der Waals surface area (Å²) < 4.78 is 0. The minimum atomic E-state index is -0.650. The molecule has 1 fully saturated rings. The van der Waals surface area contributed by atoms with E-state index in [-0.39, 0.29) is 0 Å². The summed E-state index contributed by atoms with van der Waals surface area (Å²) in [6, 6.07) is 0. The number of carboxylic acid groups (broad SMARTS) is 1. The van der Waals surface area contributed by atoms with Gasteiger partial charge in [0.25, 0.3) is 0 Å². The average molecular weight is 296 g/mol. The van der Waals surface area contributed by atoms with Gasteiger partial charge in [0.05, 0.1) is 0 Å². The summed E-state index contributed by atoms with van der Waals surface area (Å²) in [5, 5.41) is 8.54. The quantitative estimate of drug-likeness (QED) is 0.380. The van der Waals surface area contributed by atoms with Crippen LogP contribution in [0.3, 0.4) is 0 Å². The Morgan fingerprint density at radius 3 is 1.62 bits per heavy atom. The first-order valence-electron chi connectivity index (χ1n) is 9.51. The average Bonchev–Trinajstić information content (AvgIpc) is 2.97. The first-order chi connectivity index (χ1) is 10.3. The van der Waals surface area contributed by atoms with Crippen LogP contribution in [0.1, 0.15) is 109 Å². The molecule has 0 heterocycles. The predicted octanol–water partition coefficient (Wildman–Crippen LogP) is 6.33. The fraction of sp³-hybridized carbons (Fsp3) is 0.947. The minimum Gasteiger partial charge on any atom is -0.481 e. The largest absolute Gasteiger partial charge is 0.481 e. The first kappa shape index (κ1) is 18.5. The van der Waals surface area contributed by atoms with E-state index in [1.54, 1.807) is 0 Å². The van der Waals surface area contributed by atoms with Crippen LogP contribution in [0.25, 0.3) is 0 Å². The van der Waals surface area contributed by atoms with Gasteiger partial charge in [-0.3, -0.25) is 4.79 Å². The standard InChI is InChI=1S/C19H36O2/c20-19(21)17-11-9-7-5-3-1-2-4-6-8-10-14-18-15-12-13-16-18/h18H,1-17H2,(H,20,21). The Balaban J connectivity index is 1.68. The lowest BCUT2D eigenvalue weighted by Gasteiger charge is -2.08. The Kier molecular flexibility index (Phi) is 11.6. The van der Waals surface area contributed by atoms with Crippen LogP contribution < -0.4 is 0 Å². The molecule has 0 saturated heterocycles. The van der Waals surface area contributed by atoms with Gasteiger partial charge in [-0.25, -0.2) is 0 Å². The van der Waals surface area contributed by atoms with Gasteiger partial charge in [-0.15, -0.1) is 0 Å². The van der Waals surface area contributed by atoms with Crippen LogP contribution in [0.4, 0.5) is 0 Å². The highest BCUT2D eigenvalue weighted by molar-refractivity contribution is 5.66. The fourth-order valence-corrected chi connectivity index (χ4v) is 3.60. The van der Waals surface area contributed by atoms with E-state index in [0.29, 0.717) is 6.42 Å². The lowest BCUT2D eigenvalue weighted by atomic mass is 9.99. The van der Waals surface area contributed by atoms with Crippen molar-refractivity contribution in [3.8, 4) is 0 Å². The summed E-state index contributed by atoms with van der Waals surface area (Å²) in [6.07, 6.45) is 22.2. The molecule has 124 valence electrons. The molecule has 0 bridgehead atoms. The number of unbranched alkanes of at least 4 members (excludes halogenated alkanes) is 10. The molecule has 1 N–H and O–H groups in total. The van der Waals surface area contributed by atoms with Crippen LogP contribution in [0.2, 0.25) is 0 Å². The monoisotopic (exact) mass is 296 g/mol. The van der Waals surface area contributed by atoms with Crippen molar-refractivity contribution in [1.82, 2.24) is 0 Å². The second-order valence-electron chi connectivity index (χ2n) is 6.97. The summed E-state index contributed by atoms with van der Waals surface area (Å²) in [5.41, 5.74) is 0. The molecule has 21 heavy (non-hydrogen) atoms. The third-order valence-electron chi connectivity index (χ3n) is 4.98. The third kappa shape index (κ3) is 11.8. The molecule has 1 saturated carbocycles. The summed E-state index contributed by atoms with van der Waals surface area (Å²) in [6.45, 7) is 0. The molecular formula is C19H36O2. The van der Waals surface area contributed by atoms with Gasteiger partial charge in [0, 0.05) is 6.42 Å². The highest BCUT2D eigenvalue weighted by Gasteiger charge is 2.13. The van der Waals surface area contributed by atoms with E-state index < -0.39 is 5.97 Å². The molecule has 0 aromatic heterocycles. The summed E-state index contributed by atoms with van der Waals surface area (Å²) in [4.78, 5) is 10.4. The Hall–Kier alpha value is -0.530. The lowest BCUT2D eigenvalue weighted by Crippen LogP contribution is -1.93. The highest BCUT2D eigenvalue weighted by atomic mass is 16.4. The third-order valence-corrected chi connectivity index (χ3v) is 4.98. The van der Waals surface area contributed by atoms with Crippen molar-refractivity contribution < 1.29 is 9.90 Å². The molecule has 0 radical (unpaired) electrons. The van der Waals surface area contributed by atoms with Crippen LogP contribution >= 0.6 is 0 Å². The molecule has 0 aliphatic heterocycles. The Morgan fingerprint density at radius 1 is 0.714 bits per heavy atom. The first-order valence-corrected chi connectivity index (χ1v) is 9.51. The lowest BCUT2D eigenvalue weighted by molar-refractivity contribution is -0.137. The molecule has 2 heteroatoms. The maximum atomic E-state index is 10.4. The van der Waals surface area contributed by atoms with Crippen LogP contribution in [0.15, 0.2) is 0 Å². The van der Waals surface area contributed by atoms with E-state index in [2.05, 4.69) is 0 Å². The van der Waals surface area contributed by atoms with Crippen molar-refractivity contribution in [2.75, 3.05) is 0 Å². The van der Waals surface area contributed by atoms with Crippen molar-refractivity contribution in [2.45, 2.75) is 109 Å². The predicted molar refractivity (Wildman–Crippen MR) is 89.6 cm³/mol. The molecule has 0 atom stereocenters. The molecule has 0 unspecified atom stereocenters. The van der Waals surface area contributed by atoms with E-state index in [1.165, 1.54) is 89.9 Å². The van der Waals surface area contributed by atoms with E-state index >= 15 is 0 Å². The van der Waals surface area contributed by atoms with Gasteiger partial charge >= 0.3 is 5.97 Å². The van der Waals surface area contributed by atoms with Crippen LogP contribution in [-0.4, -0.2) is 11.1 Å². The molecular weight excluding hydrogens is 260 g/mol. The fourth-order valence-electron chi connectivity index (χ4n) is 3.60. The molecule has 0 aromatic carbocycles. The SMILES string of the molecule is O=C(O)CCCCCCCCCCCCCC1CCCC1. The van der Waals surface area contributed by atoms with Gasteiger partial charge in [-0.1, -0.05) is 96.3 Å². The molecule has 1 aliphatic carbocycles. The topological polar surface area (TPSA) is 37.3 Å². The van der Waals surface area contributed by atoms with Crippen molar-refractivity contribution in [2.24, 2.45) is 5.92 Å². The van der Waals surface area contributed by atoms with E-state index in [4.69, 9.17) is 5.11 Å². The van der Waals surface area contributed by atoms with Gasteiger partial charge in [0.2, 0.25) is 0 Å². The number of hydrogen-bond acceptors (Lipinski definition) is 1. The van der Waals surface area contributed by atoms with Crippen molar-refractivity contribution in [3.63, 3.8) is 0 Å².